The number of nitrogens with one attached hydrogen (secondary N) is 1. The number of benzene rings is 1. The van der Waals surface area contributed by atoms with E-state index in [0.717, 1.165) is 28.6 Å². The number of halogens is 1. The van der Waals surface area contributed by atoms with Gasteiger partial charge in [0.2, 0.25) is 0 Å². The molecule has 4 heteroatoms. The minimum absolute atomic E-state index is 0.000529. The summed E-state index contributed by atoms with van der Waals surface area (Å²) in [7, 11) is 0. The van der Waals surface area contributed by atoms with Gasteiger partial charge in [0.1, 0.15) is 5.69 Å². The Hall–Kier alpha value is -1.55. The molecule has 0 spiro atoms. The molecule has 0 radical (unpaired) electrons. The smallest absolute Gasteiger partial charge is 0.268 e. The summed E-state index contributed by atoms with van der Waals surface area (Å²) < 4.78 is 3.05. The minimum Gasteiger partial charge on any atom is -0.344 e. The first-order valence-corrected chi connectivity index (χ1v) is 8.08. The standard InChI is InChI=1S/C17H19BrN2O/c1-11-3-5-13(6-4-11)12(2)19-17(21)16-9-14(18)10-20(16)15-7-8-15/h3-6,9-10,12,15H,7-8H2,1-2H3,(H,19,21). The normalized spacial score (nSPS) is 15.8. The Morgan fingerprint density at radius 2 is 2.00 bits per heavy atom. The van der Waals surface area contributed by atoms with Gasteiger partial charge in [-0.15, -0.1) is 0 Å². The highest BCUT2D eigenvalue weighted by Gasteiger charge is 2.28. The number of carbonyl (C=O) groups is 1. The third kappa shape index (κ3) is 3.21. The molecule has 1 heterocycles. The van der Waals surface area contributed by atoms with Crippen molar-refractivity contribution in [3.05, 3.63) is 57.8 Å². The van der Waals surface area contributed by atoms with Crippen molar-refractivity contribution in [2.24, 2.45) is 0 Å². The molecule has 1 fully saturated rings. The van der Waals surface area contributed by atoms with Crippen molar-refractivity contribution in [1.82, 2.24) is 9.88 Å². The van der Waals surface area contributed by atoms with E-state index in [-0.39, 0.29) is 11.9 Å². The van der Waals surface area contributed by atoms with E-state index in [2.05, 4.69) is 57.0 Å². The molecule has 1 aromatic carbocycles. The van der Waals surface area contributed by atoms with Crippen LogP contribution >= 0.6 is 15.9 Å². The number of aromatic nitrogens is 1. The predicted molar refractivity (Wildman–Crippen MR) is 87.5 cm³/mol. The maximum Gasteiger partial charge on any atom is 0.268 e. The van der Waals surface area contributed by atoms with Crippen LogP contribution in [0.15, 0.2) is 41.0 Å². The summed E-state index contributed by atoms with van der Waals surface area (Å²) in [5.41, 5.74) is 3.09. The van der Waals surface area contributed by atoms with Crippen LogP contribution in [0.4, 0.5) is 0 Å². The van der Waals surface area contributed by atoms with Gasteiger partial charge in [-0.1, -0.05) is 29.8 Å². The summed E-state index contributed by atoms with van der Waals surface area (Å²) in [6, 6.07) is 10.7. The summed E-state index contributed by atoms with van der Waals surface area (Å²) >= 11 is 3.47. The monoisotopic (exact) mass is 346 g/mol. The zero-order chi connectivity index (χ0) is 15.0. The molecular formula is C17H19BrN2O. The summed E-state index contributed by atoms with van der Waals surface area (Å²) in [6.45, 7) is 4.08. The molecule has 3 nitrogen and oxygen atoms in total. The van der Waals surface area contributed by atoms with Gasteiger partial charge in [0.05, 0.1) is 6.04 Å². The van der Waals surface area contributed by atoms with Crippen LogP contribution in [0, 0.1) is 6.92 Å². The molecule has 110 valence electrons. The van der Waals surface area contributed by atoms with Crippen LogP contribution in [0.2, 0.25) is 0 Å². The first-order chi connectivity index (χ1) is 10.0. The fourth-order valence-corrected chi connectivity index (χ4v) is 2.93. The number of carbonyl (C=O) groups excluding carboxylic acids is 1. The summed E-state index contributed by atoms with van der Waals surface area (Å²) in [5, 5.41) is 3.09. The van der Waals surface area contributed by atoms with Crippen molar-refractivity contribution in [3.8, 4) is 0 Å². The highest BCUT2D eigenvalue weighted by molar-refractivity contribution is 9.10. The number of amides is 1. The maximum absolute atomic E-state index is 12.5. The van der Waals surface area contributed by atoms with Crippen LogP contribution in [0.25, 0.3) is 0 Å². The van der Waals surface area contributed by atoms with Crippen molar-refractivity contribution in [1.29, 1.82) is 0 Å². The van der Waals surface area contributed by atoms with E-state index < -0.39 is 0 Å². The highest BCUT2D eigenvalue weighted by atomic mass is 79.9. The van der Waals surface area contributed by atoms with E-state index in [4.69, 9.17) is 0 Å². The zero-order valence-electron chi connectivity index (χ0n) is 12.3. The molecule has 1 atom stereocenters. The molecule has 2 aromatic rings. The van der Waals surface area contributed by atoms with Gasteiger partial charge in [-0.25, -0.2) is 0 Å². The van der Waals surface area contributed by atoms with E-state index in [9.17, 15) is 4.79 Å². The van der Waals surface area contributed by atoms with E-state index >= 15 is 0 Å². The fourth-order valence-electron chi connectivity index (χ4n) is 2.49. The van der Waals surface area contributed by atoms with Crippen LogP contribution in [0.1, 0.15) is 53.5 Å². The average molecular weight is 347 g/mol. The van der Waals surface area contributed by atoms with Crippen LogP contribution < -0.4 is 5.32 Å². The molecule has 3 rings (SSSR count). The predicted octanol–water partition coefficient (Wildman–Crippen LogP) is 4.38. The first-order valence-electron chi connectivity index (χ1n) is 7.29. The van der Waals surface area contributed by atoms with Crippen LogP contribution in [-0.2, 0) is 0 Å². The second kappa shape index (κ2) is 5.68. The maximum atomic E-state index is 12.5. The van der Waals surface area contributed by atoms with Crippen LogP contribution in [0.5, 0.6) is 0 Å². The molecule has 1 unspecified atom stereocenters. The highest BCUT2D eigenvalue weighted by Crippen LogP contribution is 2.37. The lowest BCUT2D eigenvalue weighted by molar-refractivity contribution is 0.0930. The molecule has 0 bridgehead atoms. The quantitative estimate of drug-likeness (QED) is 0.875. The van der Waals surface area contributed by atoms with Crippen molar-refractivity contribution in [2.75, 3.05) is 0 Å². The van der Waals surface area contributed by atoms with Gasteiger partial charge in [0, 0.05) is 16.7 Å². The van der Waals surface area contributed by atoms with Crippen molar-refractivity contribution < 1.29 is 4.79 Å². The first kappa shape index (κ1) is 14.4. The Bertz CT molecular complexity index is 656. The molecule has 1 aliphatic carbocycles. The molecule has 0 aliphatic heterocycles. The second-order valence-corrected chi connectivity index (χ2v) is 6.70. The van der Waals surface area contributed by atoms with Gasteiger partial charge in [-0.05, 0) is 54.2 Å². The molecule has 1 aliphatic rings. The van der Waals surface area contributed by atoms with Crippen molar-refractivity contribution >= 4 is 21.8 Å². The van der Waals surface area contributed by atoms with Gasteiger partial charge in [0.15, 0.2) is 0 Å². The SMILES string of the molecule is Cc1ccc(C(C)NC(=O)c2cc(Br)cn2C2CC2)cc1. The van der Waals surface area contributed by atoms with Crippen molar-refractivity contribution in [3.63, 3.8) is 0 Å². The van der Waals surface area contributed by atoms with E-state index in [1.54, 1.807) is 0 Å². The number of nitrogens with zero attached hydrogens (tertiary/aromatic N) is 1. The van der Waals surface area contributed by atoms with Gasteiger partial charge >= 0.3 is 0 Å². The second-order valence-electron chi connectivity index (χ2n) is 5.79. The van der Waals surface area contributed by atoms with Crippen LogP contribution in [-0.4, -0.2) is 10.5 Å². The van der Waals surface area contributed by atoms with Gasteiger partial charge in [0.25, 0.3) is 5.91 Å². The van der Waals surface area contributed by atoms with E-state index in [1.807, 2.05) is 19.2 Å². The number of rotatable bonds is 4. The molecule has 0 saturated heterocycles. The zero-order valence-corrected chi connectivity index (χ0v) is 13.9. The van der Waals surface area contributed by atoms with Gasteiger partial charge in [-0.2, -0.15) is 0 Å². The van der Waals surface area contributed by atoms with Crippen LogP contribution in [0.3, 0.4) is 0 Å². The number of hydrogen-bond donors (Lipinski definition) is 1. The van der Waals surface area contributed by atoms with Crippen molar-refractivity contribution in [2.45, 2.75) is 38.8 Å². The lowest BCUT2D eigenvalue weighted by Crippen LogP contribution is -2.28. The lowest BCUT2D eigenvalue weighted by Gasteiger charge is -2.15. The summed E-state index contributed by atoms with van der Waals surface area (Å²) in [5.74, 6) is -0.0133. The summed E-state index contributed by atoms with van der Waals surface area (Å²) in [6.07, 6.45) is 4.33. The molecule has 1 N–H and O–H groups in total. The molecule has 1 amide bonds. The third-order valence-corrected chi connectivity index (χ3v) is 4.35. The lowest BCUT2D eigenvalue weighted by atomic mass is 10.1. The topological polar surface area (TPSA) is 34.0 Å². The van der Waals surface area contributed by atoms with Gasteiger partial charge in [-0.3, -0.25) is 4.79 Å². The average Bonchev–Trinajstić information content (AvgIpc) is 3.22. The summed E-state index contributed by atoms with van der Waals surface area (Å²) in [4.78, 5) is 12.5. The third-order valence-electron chi connectivity index (χ3n) is 3.91. The molecular weight excluding hydrogens is 328 g/mol. The number of aryl methyl sites for hydroxylation is 1. The minimum atomic E-state index is -0.0133. The molecule has 21 heavy (non-hydrogen) atoms. The molecule has 1 saturated carbocycles. The fraction of sp³-hybridized carbons (Fsp3) is 0.353. The Kier molecular flexibility index (Phi) is 3.89. The Labute approximate surface area is 133 Å². The van der Waals surface area contributed by atoms with Gasteiger partial charge < -0.3 is 9.88 Å². The Balaban J connectivity index is 1.75. The Morgan fingerprint density at radius 1 is 1.33 bits per heavy atom. The molecule has 1 aromatic heterocycles. The largest absolute Gasteiger partial charge is 0.344 e. The number of hydrogen-bond acceptors (Lipinski definition) is 1. The van der Waals surface area contributed by atoms with E-state index in [0.29, 0.717) is 6.04 Å². The van der Waals surface area contributed by atoms with E-state index in [1.165, 1.54) is 5.56 Å². The Morgan fingerprint density at radius 3 is 2.62 bits per heavy atom.